The van der Waals surface area contributed by atoms with E-state index in [0.717, 1.165) is 0 Å². The van der Waals surface area contributed by atoms with Crippen molar-refractivity contribution < 1.29 is 8.42 Å². The van der Waals surface area contributed by atoms with E-state index >= 15 is 0 Å². The maximum Gasteiger partial charge on any atom is 0.233 e. The molecule has 0 spiro atoms. The molecule has 8 heteroatoms. The predicted molar refractivity (Wildman–Crippen MR) is 71.4 cm³/mol. The first kappa shape index (κ1) is 13.2. The van der Waals surface area contributed by atoms with Crippen LogP contribution in [0.5, 0.6) is 0 Å². The number of hydrogen-bond acceptors (Lipinski definition) is 5. The van der Waals surface area contributed by atoms with Crippen LogP contribution in [0.1, 0.15) is 6.42 Å². The molecule has 0 aliphatic rings. The fourth-order valence-corrected chi connectivity index (χ4v) is 2.44. The van der Waals surface area contributed by atoms with E-state index in [1.165, 1.54) is 23.5 Å². The maximum absolute atomic E-state index is 11.7. The van der Waals surface area contributed by atoms with Crippen molar-refractivity contribution >= 4 is 15.7 Å². The summed E-state index contributed by atoms with van der Waals surface area (Å²) in [5, 5.41) is 3.92. The Hall–Kier alpha value is -2.22. The number of aromatic nitrogens is 4. The van der Waals surface area contributed by atoms with E-state index < -0.39 is 10.0 Å². The van der Waals surface area contributed by atoms with E-state index in [4.69, 9.17) is 0 Å². The van der Waals surface area contributed by atoms with E-state index in [0.29, 0.717) is 17.9 Å². The molecule has 0 bridgehead atoms. The van der Waals surface area contributed by atoms with Crippen LogP contribution in [0.2, 0.25) is 0 Å². The largest absolute Gasteiger partial charge is 0.282 e. The smallest absolute Gasteiger partial charge is 0.233 e. The summed E-state index contributed by atoms with van der Waals surface area (Å²) in [4.78, 5) is 7.90. The summed E-state index contributed by atoms with van der Waals surface area (Å²) in [6.45, 7) is 3.49. The number of anilines is 1. The van der Waals surface area contributed by atoms with Gasteiger partial charge in [-0.15, -0.1) is 6.58 Å². The SMILES string of the molecule is C=CCCS(=O)(=O)Nc1ccc(-n2cncn2)nc1. The third-order valence-electron chi connectivity index (χ3n) is 2.27. The van der Waals surface area contributed by atoms with Gasteiger partial charge in [0.25, 0.3) is 0 Å². The molecule has 19 heavy (non-hydrogen) atoms. The Bertz CT molecular complexity index is 634. The van der Waals surface area contributed by atoms with Crippen molar-refractivity contribution in [3.63, 3.8) is 0 Å². The number of allylic oxidation sites excluding steroid dienone is 1. The van der Waals surface area contributed by atoms with Crippen LogP contribution in [0.25, 0.3) is 5.82 Å². The van der Waals surface area contributed by atoms with Crippen LogP contribution in [-0.2, 0) is 10.0 Å². The molecule has 0 aliphatic carbocycles. The second-order valence-corrected chi connectivity index (χ2v) is 5.59. The van der Waals surface area contributed by atoms with Crippen molar-refractivity contribution in [3.8, 4) is 5.82 Å². The molecule has 0 radical (unpaired) electrons. The molecule has 0 fully saturated rings. The van der Waals surface area contributed by atoms with Crippen LogP contribution < -0.4 is 4.72 Å². The summed E-state index contributed by atoms with van der Waals surface area (Å²) < 4.78 is 27.2. The van der Waals surface area contributed by atoms with Crippen molar-refractivity contribution in [3.05, 3.63) is 43.6 Å². The van der Waals surface area contributed by atoms with Crippen LogP contribution >= 0.6 is 0 Å². The Morgan fingerprint density at radius 2 is 2.26 bits per heavy atom. The van der Waals surface area contributed by atoms with Gasteiger partial charge in [-0.1, -0.05) is 6.08 Å². The van der Waals surface area contributed by atoms with E-state index in [-0.39, 0.29) is 5.75 Å². The van der Waals surface area contributed by atoms with Crippen molar-refractivity contribution in [1.82, 2.24) is 19.7 Å². The van der Waals surface area contributed by atoms with Crippen molar-refractivity contribution in [2.75, 3.05) is 10.5 Å². The Morgan fingerprint density at radius 3 is 2.84 bits per heavy atom. The summed E-state index contributed by atoms with van der Waals surface area (Å²) in [6.07, 6.45) is 6.30. The minimum absolute atomic E-state index is 0.00132. The average molecular weight is 279 g/mol. The summed E-state index contributed by atoms with van der Waals surface area (Å²) >= 11 is 0. The van der Waals surface area contributed by atoms with E-state index in [1.807, 2.05) is 0 Å². The molecule has 1 N–H and O–H groups in total. The zero-order valence-corrected chi connectivity index (χ0v) is 10.9. The summed E-state index contributed by atoms with van der Waals surface area (Å²) in [5.41, 5.74) is 0.410. The van der Waals surface area contributed by atoms with Gasteiger partial charge < -0.3 is 0 Å². The molecular formula is C11H13N5O2S. The van der Waals surface area contributed by atoms with E-state index in [2.05, 4.69) is 26.4 Å². The normalized spacial score (nSPS) is 11.2. The Balaban J connectivity index is 2.09. The third-order valence-corrected chi connectivity index (χ3v) is 3.59. The monoisotopic (exact) mass is 279 g/mol. The highest BCUT2D eigenvalue weighted by molar-refractivity contribution is 7.92. The number of sulfonamides is 1. The van der Waals surface area contributed by atoms with Crippen LogP contribution in [0.3, 0.4) is 0 Å². The molecule has 0 aliphatic heterocycles. The van der Waals surface area contributed by atoms with E-state index in [9.17, 15) is 8.42 Å². The number of nitrogens with zero attached hydrogens (tertiary/aromatic N) is 4. The highest BCUT2D eigenvalue weighted by Crippen LogP contribution is 2.11. The lowest BCUT2D eigenvalue weighted by Crippen LogP contribution is -2.16. The molecule has 2 aromatic heterocycles. The van der Waals surface area contributed by atoms with Gasteiger partial charge in [-0.05, 0) is 18.6 Å². The molecule has 0 aromatic carbocycles. The fraction of sp³-hybridized carbons (Fsp3) is 0.182. The lowest BCUT2D eigenvalue weighted by molar-refractivity contribution is 0.601. The summed E-state index contributed by atoms with van der Waals surface area (Å²) in [5.74, 6) is 0.563. The Kier molecular flexibility index (Phi) is 3.91. The van der Waals surface area contributed by atoms with Crippen molar-refractivity contribution in [2.45, 2.75) is 6.42 Å². The first-order valence-electron chi connectivity index (χ1n) is 5.53. The van der Waals surface area contributed by atoms with Gasteiger partial charge in [-0.2, -0.15) is 5.10 Å². The molecule has 7 nitrogen and oxygen atoms in total. The lowest BCUT2D eigenvalue weighted by Gasteiger charge is -2.07. The van der Waals surface area contributed by atoms with Gasteiger partial charge >= 0.3 is 0 Å². The fourth-order valence-electron chi connectivity index (χ4n) is 1.38. The summed E-state index contributed by atoms with van der Waals surface area (Å²) in [7, 11) is -3.36. The minimum Gasteiger partial charge on any atom is -0.282 e. The van der Waals surface area contributed by atoms with Gasteiger partial charge in [0.1, 0.15) is 12.7 Å². The molecule has 0 saturated heterocycles. The quantitative estimate of drug-likeness (QED) is 0.796. The molecule has 100 valence electrons. The molecule has 2 aromatic rings. The molecule has 0 saturated carbocycles. The van der Waals surface area contributed by atoms with Crippen molar-refractivity contribution in [1.29, 1.82) is 0 Å². The van der Waals surface area contributed by atoms with E-state index in [1.54, 1.807) is 18.2 Å². The zero-order chi connectivity index (χ0) is 13.7. The highest BCUT2D eigenvalue weighted by Gasteiger charge is 2.09. The first-order valence-corrected chi connectivity index (χ1v) is 7.18. The Labute approximate surface area is 111 Å². The second kappa shape index (κ2) is 5.61. The number of rotatable bonds is 6. The Morgan fingerprint density at radius 1 is 1.42 bits per heavy atom. The molecule has 2 rings (SSSR count). The number of nitrogens with one attached hydrogen (secondary N) is 1. The average Bonchev–Trinajstić information content (AvgIpc) is 2.91. The number of pyridine rings is 1. The molecular weight excluding hydrogens is 266 g/mol. The first-order chi connectivity index (χ1) is 9.11. The van der Waals surface area contributed by atoms with Crippen LogP contribution in [0.4, 0.5) is 5.69 Å². The van der Waals surface area contributed by atoms with Gasteiger partial charge in [-0.25, -0.2) is 23.1 Å². The molecule has 0 amide bonds. The van der Waals surface area contributed by atoms with Gasteiger partial charge in [0.15, 0.2) is 5.82 Å². The maximum atomic E-state index is 11.7. The second-order valence-electron chi connectivity index (χ2n) is 3.74. The van der Waals surface area contributed by atoms with Gasteiger partial charge in [-0.3, -0.25) is 4.72 Å². The topological polar surface area (TPSA) is 89.8 Å². The van der Waals surface area contributed by atoms with Gasteiger partial charge in [0.2, 0.25) is 10.0 Å². The van der Waals surface area contributed by atoms with Crippen LogP contribution in [0.15, 0.2) is 43.6 Å². The van der Waals surface area contributed by atoms with Crippen LogP contribution in [0, 0.1) is 0 Å². The van der Waals surface area contributed by atoms with Crippen LogP contribution in [-0.4, -0.2) is 33.9 Å². The predicted octanol–water partition coefficient (Wildman–Crippen LogP) is 0.980. The summed E-state index contributed by atoms with van der Waals surface area (Å²) in [6, 6.07) is 3.27. The molecule has 0 atom stereocenters. The standard InChI is InChI=1S/C11H13N5O2S/c1-2-3-6-19(17,18)15-10-4-5-11(13-7-10)16-9-12-8-14-16/h2,4-5,7-9,15H,1,3,6H2. The van der Waals surface area contributed by atoms with Crippen molar-refractivity contribution in [2.24, 2.45) is 0 Å². The lowest BCUT2D eigenvalue weighted by atomic mass is 10.4. The highest BCUT2D eigenvalue weighted by atomic mass is 32.2. The molecule has 0 unspecified atom stereocenters. The molecule has 2 heterocycles. The third kappa shape index (κ3) is 3.62. The number of hydrogen-bond donors (Lipinski definition) is 1. The zero-order valence-electron chi connectivity index (χ0n) is 10.1. The van der Waals surface area contributed by atoms with Gasteiger partial charge in [0, 0.05) is 0 Å². The minimum atomic E-state index is -3.36. The van der Waals surface area contributed by atoms with Gasteiger partial charge in [0.05, 0.1) is 17.6 Å².